The van der Waals surface area contributed by atoms with E-state index < -0.39 is 49.4 Å². The van der Waals surface area contributed by atoms with Gasteiger partial charge in [0.05, 0.1) is 13.0 Å². The molecule has 0 N–H and O–H groups in total. The van der Waals surface area contributed by atoms with E-state index in [4.69, 9.17) is 0 Å². The summed E-state index contributed by atoms with van der Waals surface area (Å²) in [4.78, 5) is 10.6. The van der Waals surface area contributed by atoms with Crippen LogP contribution in [-0.2, 0) is 9.53 Å². The Balaban J connectivity index is 4.98. The highest BCUT2D eigenvalue weighted by Crippen LogP contribution is 2.50. The summed E-state index contributed by atoms with van der Waals surface area (Å²) in [7, 11) is 0. The zero-order chi connectivity index (χ0) is 17.6. The summed E-state index contributed by atoms with van der Waals surface area (Å²) < 4.78 is 97.3. The van der Waals surface area contributed by atoms with Gasteiger partial charge in [0, 0.05) is 6.08 Å². The van der Waals surface area contributed by atoms with Crippen LogP contribution >= 0.6 is 0 Å². The number of rotatable bonds is 10. The number of carbonyl (C=O) groups is 1. The summed E-state index contributed by atoms with van der Waals surface area (Å²) in [5, 5.41) is 0. The van der Waals surface area contributed by atoms with E-state index in [0.717, 1.165) is 0 Å². The lowest BCUT2D eigenvalue weighted by Gasteiger charge is -2.34. The molecule has 0 bridgehead atoms. The standard InChI is InChI=1S/C13H17F7O2/c1-3-5-6-9(14)12(17,18)13(19,20)11(15,16)7-8-22-10(21)4-2/h4,9H,2-3,5-8H2,1H3. The molecule has 0 aliphatic rings. The van der Waals surface area contributed by atoms with Gasteiger partial charge in [-0.25, -0.2) is 9.18 Å². The highest BCUT2D eigenvalue weighted by Gasteiger charge is 2.73. The number of carbonyl (C=O) groups excluding carboxylic acids is 1. The molecule has 0 saturated carbocycles. The van der Waals surface area contributed by atoms with Crippen molar-refractivity contribution in [1.82, 2.24) is 0 Å². The molecule has 22 heavy (non-hydrogen) atoms. The minimum Gasteiger partial charge on any atom is -0.462 e. The van der Waals surface area contributed by atoms with Gasteiger partial charge in [-0.2, -0.15) is 26.3 Å². The normalized spacial score (nSPS) is 14.5. The molecule has 0 spiro atoms. The highest BCUT2D eigenvalue weighted by atomic mass is 19.3. The van der Waals surface area contributed by atoms with Gasteiger partial charge in [0.2, 0.25) is 0 Å². The van der Waals surface area contributed by atoms with Crippen molar-refractivity contribution in [3.8, 4) is 0 Å². The first-order chi connectivity index (χ1) is 9.94. The first kappa shape index (κ1) is 20.7. The molecule has 0 aliphatic heterocycles. The van der Waals surface area contributed by atoms with Crippen LogP contribution in [0.15, 0.2) is 12.7 Å². The predicted molar refractivity (Wildman–Crippen MR) is 65.0 cm³/mol. The molecule has 0 aromatic carbocycles. The smallest absolute Gasteiger partial charge is 0.375 e. The van der Waals surface area contributed by atoms with Crippen LogP contribution in [0.1, 0.15) is 32.6 Å². The average Bonchev–Trinajstić information content (AvgIpc) is 2.43. The van der Waals surface area contributed by atoms with Gasteiger partial charge in [-0.15, -0.1) is 0 Å². The second-order valence-corrected chi connectivity index (χ2v) is 4.63. The van der Waals surface area contributed by atoms with E-state index >= 15 is 0 Å². The molecular weight excluding hydrogens is 321 g/mol. The fraction of sp³-hybridized carbons (Fsp3) is 0.769. The van der Waals surface area contributed by atoms with Crippen LogP contribution in [0.2, 0.25) is 0 Å². The van der Waals surface area contributed by atoms with Gasteiger partial charge in [-0.05, 0) is 6.42 Å². The SMILES string of the molecule is C=CC(=O)OCCC(F)(F)C(F)(F)C(F)(F)C(F)CCCC. The Bertz CT molecular complexity index is 383. The van der Waals surface area contributed by atoms with Gasteiger partial charge in [-0.3, -0.25) is 0 Å². The Morgan fingerprint density at radius 1 is 1.23 bits per heavy atom. The summed E-state index contributed by atoms with van der Waals surface area (Å²) in [5.74, 6) is -17.9. The number of halogens is 7. The van der Waals surface area contributed by atoms with Gasteiger partial charge in [-0.1, -0.05) is 26.3 Å². The van der Waals surface area contributed by atoms with Crippen molar-refractivity contribution in [3.63, 3.8) is 0 Å². The second-order valence-electron chi connectivity index (χ2n) is 4.63. The number of hydrogen-bond donors (Lipinski definition) is 0. The van der Waals surface area contributed by atoms with E-state index in [0.29, 0.717) is 6.08 Å². The Morgan fingerprint density at radius 3 is 2.23 bits per heavy atom. The van der Waals surface area contributed by atoms with Crippen LogP contribution in [0.5, 0.6) is 0 Å². The van der Waals surface area contributed by atoms with E-state index in [2.05, 4.69) is 11.3 Å². The van der Waals surface area contributed by atoms with Gasteiger partial charge < -0.3 is 4.74 Å². The largest absolute Gasteiger partial charge is 0.462 e. The quantitative estimate of drug-likeness (QED) is 0.332. The first-order valence-corrected chi connectivity index (χ1v) is 6.50. The number of ether oxygens (including phenoxy) is 1. The van der Waals surface area contributed by atoms with Gasteiger partial charge >= 0.3 is 23.7 Å². The van der Waals surface area contributed by atoms with Gasteiger partial charge in [0.1, 0.15) is 0 Å². The Labute approximate surface area is 123 Å². The van der Waals surface area contributed by atoms with Crippen LogP contribution in [-0.4, -0.2) is 36.5 Å². The third-order valence-electron chi connectivity index (χ3n) is 2.91. The van der Waals surface area contributed by atoms with Crippen molar-refractivity contribution in [2.24, 2.45) is 0 Å². The summed E-state index contributed by atoms with van der Waals surface area (Å²) in [6.45, 7) is 3.21. The predicted octanol–water partition coefficient (Wildman–Crippen LogP) is 4.54. The molecule has 0 radical (unpaired) electrons. The van der Waals surface area contributed by atoms with E-state index in [-0.39, 0.29) is 12.8 Å². The van der Waals surface area contributed by atoms with Crippen molar-refractivity contribution in [2.45, 2.75) is 56.5 Å². The maximum Gasteiger partial charge on any atom is 0.375 e. The lowest BCUT2D eigenvalue weighted by Crippen LogP contribution is -2.58. The van der Waals surface area contributed by atoms with Crippen molar-refractivity contribution < 1.29 is 40.3 Å². The van der Waals surface area contributed by atoms with E-state index in [1.165, 1.54) is 6.92 Å². The minimum absolute atomic E-state index is 0.143. The monoisotopic (exact) mass is 338 g/mol. The van der Waals surface area contributed by atoms with Gasteiger partial charge in [0.15, 0.2) is 6.17 Å². The van der Waals surface area contributed by atoms with Crippen molar-refractivity contribution in [2.75, 3.05) is 6.61 Å². The van der Waals surface area contributed by atoms with E-state index in [1.54, 1.807) is 0 Å². The fourth-order valence-electron chi connectivity index (χ4n) is 1.50. The number of hydrogen-bond acceptors (Lipinski definition) is 2. The molecular formula is C13H17F7O2. The summed E-state index contributed by atoms with van der Waals surface area (Å²) in [5.41, 5.74) is 0. The molecule has 0 rings (SSSR count). The third kappa shape index (κ3) is 4.61. The molecule has 130 valence electrons. The van der Waals surface area contributed by atoms with Crippen LogP contribution in [0.4, 0.5) is 30.7 Å². The molecule has 0 heterocycles. The summed E-state index contributed by atoms with van der Waals surface area (Å²) in [6, 6.07) is 0. The first-order valence-electron chi connectivity index (χ1n) is 6.50. The minimum atomic E-state index is -5.91. The molecule has 1 atom stereocenters. The van der Waals surface area contributed by atoms with Crippen molar-refractivity contribution >= 4 is 5.97 Å². The fourth-order valence-corrected chi connectivity index (χ4v) is 1.50. The average molecular weight is 338 g/mol. The molecule has 2 nitrogen and oxygen atoms in total. The van der Waals surface area contributed by atoms with Crippen LogP contribution < -0.4 is 0 Å². The molecule has 0 aromatic rings. The lowest BCUT2D eigenvalue weighted by molar-refractivity contribution is -0.327. The van der Waals surface area contributed by atoms with Crippen LogP contribution in [0.3, 0.4) is 0 Å². The molecule has 0 aliphatic carbocycles. The Kier molecular flexibility index (Phi) is 7.37. The van der Waals surface area contributed by atoms with Crippen LogP contribution in [0, 0.1) is 0 Å². The van der Waals surface area contributed by atoms with Crippen molar-refractivity contribution in [1.29, 1.82) is 0 Å². The van der Waals surface area contributed by atoms with Crippen molar-refractivity contribution in [3.05, 3.63) is 12.7 Å². The maximum absolute atomic E-state index is 13.4. The van der Waals surface area contributed by atoms with Crippen LogP contribution in [0.25, 0.3) is 0 Å². The number of alkyl halides is 7. The summed E-state index contributed by atoms with van der Waals surface area (Å²) in [6.07, 6.45) is -5.53. The molecule has 0 saturated heterocycles. The zero-order valence-electron chi connectivity index (χ0n) is 11.9. The Morgan fingerprint density at radius 2 is 1.77 bits per heavy atom. The second kappa shape index (κ2) is 7.82. The zero-order valence-corrected chi connectivity index (χ0v) is 11.9. The lowest BCUT2D eigenvalue weighted by atomic mass is 9.95. The highest BCUT2D eigenvalue weighted by molar-refractivity contribution is 5.81. The number of unbranched alkanes of at least 4 members (excludes halogenated alkanes) is 1. The summed E-state index contributed by atoms with van der Waals surface area (Å²) >= 11 is 0. The van der Waals surface area contributed by atoms with E-state index in [1.807, 2.05) is 0 Å². The molecule has 0 aromatic heterocycles. The topological polar surface area (TPSA) is 26.3 Å². The number of esters is 1. The van der Waals surface area contributed by atoms with E-state index in [9.17, 15) is 35.5 Å². The molecule has 1 unspecified atom stereocenters. The van der Waals surface area contributed by atoms with Gasteiger partial charge in [0.25, 0.3) is 0 Å². The maximum atomic E-state index is 13.4. The molecule has 9 heteroatoms. The molecule has 0 fully saturated rings. The third-order valence-corrected chi connectivity index (χ3v) is 2.91. The molecule has 0 amide bonds. The Hall–Kier alpha value is -1.28.